The summed E-state index contributed by atoms with van der Waals surface area (Å²) < 4.78 is 11.2. The molecule has 1 aromatic carbocycles. The summed E-state index contributed by atoms with van der Waals surface area (Å²) in [6.45, 7) is 7.78. The zero-order chi connectivity index (χ0) is 14.4. The third-order valence-corrected chi connectivity index (χ3v) is 3.46. The van der Waals surface area contributed by atoms with E-state index in [1.165, 1.54) is 6.08 Å². The third kappa shape index (κ3) is 4.10. The Bertz CT molecular complexity index is 479. The highest BCUT2D eigenvalue weighted by atomic mass is 16.5. The topological polar surface area (TPSA) is 47.6 Å². The van der Waals surface area contributed by atoms with Gasteiger partial charge >= 0.3 is 0 Å². The van der Waals surface area contributed by atoms with E-state index in [0.29, 0.717) is 12.5 Å². The number of carbonyl (C=O) groups is 1. The molecule has 0 unspecified atom stereocenters. The molecule has 0 aromatic heterocycles. The quantitative estimate of drug-likeness (QED) is 0.840. The first-order valence-electron chi connectivity index (χ1n) is 6.93. The lowest BCUT2D eigenvalue weighted by Gasteiger charge is -2.22. The average Bonchev–Trinajstić information content (AvgIpc) is 2.48. The lowest BCUT2D eigenvalue weighted by molar-refractivity contribution is -0.111. The Morgan fingerprint density at radius 3 is 2.95 bits per heavy atom. The van der Waals surface area contributed by atoms with E-state index in [1.807, 2.05) is 25.1 Å². The molecule has 0 aliphatic carbocycles. The number of benzene rings is 1. The van der Waals surface area contributed by atoms with E-state index in [-0.39, 0.29) is 5.91 Å². The van der Waals surface area contributed by atoms with Gasteiger partial charge in [-0.2, -0.15) is 0 Å². The van der Waals surface area contributed by atoms with Crippen molar-refractivity contribution >= 4 is 11.6 Å². The molecule has 0 spiro atoms. The number of carbonyl (C=O) groups excluding carboxylic acids is 1. The maximum absolute atomic E-state index is 11.3. The Kier molecular flexibility index (Phi) is 5.18. The van der Waals surface area contributed by atoms with Gasteiger partial charge in [0.2, 0.25) is 5.91 Å². The second-order valence-electron chi connectivity index (χ2n) is 5.04. The molecule has 0 saturated carbocycles. The van der Waals surface area contributed by atoms with Gasteiger partial charge in [0.25, 0.3) is 0 Å². The largest absolute Gasteiger partial charge is 0.493 e. The van der Waals surface area contributed by atoms with Crippen LogP contribution in [0.15, 0.2) is 30.9 Å². The van der Waals surface area contributed by atoms with E-state index in [1.54, 1.807) is 0 Å². The fourth-order valence-electron chi connectivity index (χ4n) is 2.15. The molecule has 0 atom stereocenters. The van der Waals surface area contributed by atoms with E-state index >= 15 is 0 Å². The van der Waals surface area contributed by atoms with Gasteiger partial charge < -0.3 is 14.8 Å². The van der Waals surface area contributed by atoms with Gasteiger partial charge in [-0.1, -0.05) is 12.6 Å². The monoisotopic (exact) mass is 275 g/mol. The van der Waals surface area contributed by atoms with Crippen LogP contribution >= 0.6 is 0 Å². The van der Waals surface area contributed by atoms with Crippen LogP contribution in [0.3, 0.4) is 0 Å². The normalized spacial score (nSPS) is 15.7. The minimum absolute atomic E-state index is 0.218. The molecule has 1 aliphatic rings. The number of hydrogen-bond acceptors (Lipinski definition) is 3. The SMILES string of the molecule is C=CC(=O)Nc1ccc(C)c(OCC2CCOCC2)c1. The molecule has 1 saturated heterocycles. The van der Waals surface area contributed by atoms with Gasteiger partial charge in [-0.05, 0) is 43.4 Å². The highest BCUT2D eigenvalue weighted by molar-refractivity contribution is 5.99. The van der Waals surface area contributed by atoms with Crippen molar-refractivity contribution < 1.29 is 14.3 Å². The molecule has 1 heterocycles. The van der Waals surface area contributed by atoms with E-state index in [4.69, 9.17) is 9.47 Å². The van der Waals surface area contributed by atoms with Gasteiger partial charge in [0.15, 0.2) is 0 Å². The Morgan fingerprint density at radius 2 is 2.25 bits per heavy atom. The van der Waals surface area contributed by atoms with E-state index in [2.05, 4.69) is 11.9 Å². The van der Waals surface area contributed by atoms with Crippen molar-refractivity contribution in [3.8, 4) is 5.75 Å². The first-order chi connectivity index (χ1) is 9.69. The standard InChI is InChI=1S/C16H21NO3/c1-3-16(18)17-14-5-4-12(2)15(10-14)20-11-13-6-8-19-9-7-13/h3-5,10,13H,1,6-9,11H2,2H3,(H,17,18). The van der Waals surface area contributed by atoms with Crippen LogP contribution in [0.1, 0.15) is 18.4 Å². The lowest BCUT2D eigenvalue weighted by Crippen LogP contribution is -2.21. The zero-order valence-corrected chi connectivity index (χ0v) is 11.9. The molecular weight excluding hydrogens is 254 g/mol. The van der Waals surface area contributed by atoms with Crippen LogP contribution in [-0.4, -0.2) is 25.7 Å². The fraction of sp³-hybridized carbons (Fsp3) is 0.438. The molecule has 2 rings (SSSR count). The molecule has 4 nitrogen and oxygen atoms in total. The van der Waals surface area contributed by atoms with Crippen LogP contribution < -0.4 is 10.1 Å². The smallest absolute Gasteiger partial charge is 0.247 e. The number of rotatable bonds is 5. The number of aryl methyl sites for hydroxylation is 1. The minimum atomic E-state index is -0.218. The van der Waals surface area contributed by atoms with Crippen molar-refractivity contribution in [1.29, 1.82) is 0 Å². The van der Waals surface area contributed by atoms with Gasteiger partial charge in [-0.3, -0.25) is 4.79 Å². The molecule has 1 fully saturated rings. The Morgan fingerprint density at radius 1 is 1.50 bits per heavy atom. The Labute approximate surface area is 119 Å². The lowest BCUT2D eigenvalue weighted by atomic mass is 10.0. The van der Waals surface area contributed by atoms with Gasteiger partial charge in [-0.25, -0.2) is 0 Å². The summed E-state index contributed by atoms with van der Waals surface area (Å²) in [6.07, 6.45) is 3.35. The molecule has 108 valence electrons. The summed E-state index contributed by atoms with van der Waals surface area (Å²) in [6, 6.07) is 5.66. The summed E-state index contributed by atoms with van der Waals surface area (Å²) in [4.78, 5) is 11.3. The van der Waals surface area contributed by atoms with Gasteiger partial charge in [-0.15, -0.1) is 0 Å². The van der Waals surface area contributed by atoms with Crippen molar-refractivity contribution in [2.75, 3.05) is 25.1 Å². The fourth-order valence-corrected chi connectivity index (χ4v) is 2.15. The average molecular weight is 275 g/mol. The minimum Gasteiger partial charge on any atom is -0.493 e. The Balaban J connectivity index is 1.96. The molecular formula is C16H21NO3. The molecule has 0 radical (unpaired) electrons. The van der Waals surface area contributed by atoms with Crippen molar-refractivity contribution in [1.82, 2.24) is 0 Å². The molecule has 4 heteroatoms. The van der Waals surface area contributed by atoms with Crippen molar-refractivity contribution in [2.24, 2.45) is 5.92 Å². The van der Waals surface area contributed by atoms with Crippen molar-refractivity contribution in [3.63, 3.8) is 0 Å². The van der Waals surface area contributed by atoms with Gasteiger partial charge in [0.05, 0.1) is 6.61 Å². The maximum atomic E-state index is 11.3. The summed E-state index contributed by atoms with van der Waals surface area (Å²) in [5, 5.41) is 2.74. The van der Waals surface area contributed by atoms with Crippen molar-refractivity contribution in [3.05, 3.63) is 36.4 Å². The number of amides is 1. The maximum Gasteiger partial charge on any atom is 0.247 e. The van der Waals surface area contributed by atoms with Crippen molar-refractivity contribution in [2.45, 2.75) is 19.8 Å². The molecule has 1 N–H and O–H groups in total. The predicted molar refractivity (Wildman–Crippen MR) is 79.0 cm³/mol. The molecule has 0 bridgehead atoms. The molecule has 1 aliphatic heterocycles. The number of nitrogens with one attached hydrogen (secondary N) is 1. The third-order valence-electron chi connectivity index (χ3n) is 3.46. The molecule has 1 amide bonds. The van der Waals surface area contributed by atoms with Crippen LogP contribution in [0.5, 0.6) is 5.75 Å². The van der Waals surface area contributed by atoms with Crippen LogP contribution in [-0.2, 0) is 9.53 Å². The van der Waals surface area contributed by atoms with Crippen LogP contribution in [0.2, 0.25) is 0 Å². The summed E-state index contributed by atoms with van der Waals surface area (Å²) in [7, 11) is 0. The highest BCUT2D eigenvalue weighted by Gasteiger charge is 2.15. The van der Waals surface area contributed by atoms with Gasteiger partial charge in [0.1, 0.15) is 5.75 Å². The van der Waals surface area contributed by atoms with Crippen LogP contribution in [0.4, 0.5) is 5.69 Å². The number of anilines is 1. The predicted octanol–water partition coefficient (Wildman–Crippen LogP) is 2.92. The Hall–Kier alpha value is -1.81. The number of ether oxygens (including phenoxy) is 2. The van der Waals surface area contributed by atoms with E-state index in [9.17, 15) is 4.79 Å². The van der Waals surface area contributed by atoms with Crippen LogP contribution in [0.25, 0.3) is 0 Å². The summed E-state index contributed by atoms with van der Waals surface area (Å²) in [5.74, 6) is 1.15. The van der Waals surface area contributed by atoms with Gasteiger partial charge in [0, 0.05) is 25.0 Å². The first-order valence-corrected chi connectivity index (χ1v) is 6.93. The van der Waals surface area contributed by atoms with E-state index < -0.39 is 0 Å². The second-order valence-corrected chi connectivity index (χ2v) is 5.04. The summed E-state index contributed by atoms with van der Waals surface area (Å²) in [5.41, 5.74) is 1.79. The first kappa shape index (κ1) is 14.6. The summed E-state index contributed by atoms with van der Waals surface area (Å²) >= 11 is 0. The molecule has 1 aromatic rings. The number of hydrogen-bond donors (Lipinski definition) is 1. The van der Waals surface area contributed by atoms with Crippen LogP contribution in [0, 0.1) is 12.8 Å². The second kappa shape index (κ2) is 7.10. The highest BCUT2D eigenvalue weighted by Crippen LogP contribution is 2.24. The molecule has 20 heavy (non-hydrogen) atoms. The van der Waals surface area contributed by atoms with E-state index in [0.717, 1.165) is 43.1 Å². The zero-order valence-electron chi connectivity index (χ0n) is 11.9.